The number of pyridine rings is 1. The molecule has 0 aliphatic rings. The van der Waals surface area contributed by atoms with E-state index in [-0.39, 0.29) is 29.1 Å². The van der Waals surface area contributed by atoms with E-state index in [1.165, 1.54) is 48.9 Å². The summed E-state index contributed by atoms with van der Waals surface area (Å²) in [7, 11) is 1.14. The quantitative estimate of drug-likeness (QED) is 0.279. The number of ether oxygens (including phenoxy) is 1. The zero-order chi connectivity index (χ0) is 21.8. The lowest BCUT2D eigenvalue weighted by molar-refractivity contribution is -0.590. The van der Waals surface area contributed by atoms with Gasteiger partial charge in [-0.2, -0.15) is 0 Å². The van der Waals surface area contributed by atoms with Gasteiger partial charge >= 0.3 is 5.97 Å². The van der Waals surface area contributed by atoms with E-state index in [0.29, 0.717) is 15.2 Å². The molecule has 1 heterocycles. The van der Waals surface area contributed by atoms with Gasteiger partial charge in [0.15, 0.2) is 4.90 Å². The third-order valence-electron chi connectivity index (χ3n) is 4.45. The minimum atomic E-state index is -1.27. The third kappa shape index (κ3) is 4.52. The highest BCUT2D eigenvalue weighted by Crippen LogP contribution is 2.28. The first-order chi connectivity index (χ1) is 14.3. The largest absolute Gasteiger partial charge is 0.711 e. The van der Waals surface area contributed by atoms with Gasteiger partial charge in [0.05, 0.1) is 19.4 Å². The summed E-state index contributed by atoms with van der Waals surface area (Å²) in [6, 6.07) is 11.1. The number of halogens is 2. The molecule has 1 unspecified atom stereocenters. The van der Waals surface area contributed by atoms with E-state index in [1.807, 2.05) is 0 Å². The SMILES string of the molecule is COC(=O)c1c(F)cccc1-c1ccc(CNc2cc([S+](C)[O-])cc[n+]2[O-])c(F)c1. The van der Waals surface area contributed by atoms with Gasteiger partial charge in [-0.15, -0.1) is 0 Å². The molecule has 3 rings (SSSR count). The van der Waals surface area contributed by atoms with Crippen molar-refractivity contribution in [1.82, 2.24) is 0 Å². The van der Waals surface area contributed by atoms with E-state index in [0.717, 1.165) is 13.2 Å². The van der Waals surface area contributed by atoms with Crippen LogP contribution in [-0.2, 0) is 22.5 Å². The van der Waals surface area contributed by atoms with Crippen LogP contribution in [-0.4, -0.2) is 23.9 Å². The van der Waals surface area contributed by atoms with Crippen molar-refractivity contribution in [2.45, 2.75) is 11.4 Å². The summed E-state index contributed by atoms with van der Waals surface area (Å²) in [6.45, 7) is -0.0127. The predicted octanol–water partition coefficient (Wildman–Crippen LogP) is 3.40. The van der Waals surface area contributed by atoms with E-state index in [1.54, 1.807) is 6.07 Å². The Morgan fingerprint density at radius 3 is 2.60 bits per heavy atom. The maximum atomic E-state index is 14.7. The summed E-state index contributed by atoms with van der Waals surface area (Å²) >= 11 is -1.27. The molecule has 0 bridgehead atoms. The van der Waals surface area contributed by atoms with Gasteiger partial charge < -0.3 is 14.5 Å². The number of esters is 1. The molecule has 1 atom stereocenters. The summed E-state index contributed by atoms with van der Waals surface area (Å²) in [6.07, 6.45) is 2.71. The van der Waals surface area contributed by atoms with Crippen molar-refractivity contribution < 1.29 is 27.6 Å². The van der Waals surface area contributed by atoms with Crippen LogP contribution in [0.3, 0.4) is 0 Å². The highest BCUT2D eigenvalue weighted by molar-refractivity contribution is 7.90. The minimum Gasteiger partial charge on any atom is -0.711 e. The van der Waals surface area contributed by atoms with Crippen LogP contribution in [0.1, 0.15) is 15.9 Å². The van der Waals surface area contributed by atoms with Gasteiger partial charge in [-0.1, -0.05) is 24.3 Å². The summed E-state index contributed by atoms with van der Waals surface area (Å²) in [4.78, 5) is 12.4. The van der Waals surface area contributed by atoms with Gasteiger partial charge in [-0.25, -0.2) is 18.3 Å². The first-order valence-electron chi connectivity index (χ1n) is 8.78. The van der Waals surface area contributed by atoms with Gasteiger partial charge in [0.2, 0.25) is 0 Å². The number of hydrogen-bond acceptors (Lipinski definition) is 5. The molecule has 2 aromatic carbocycles. The molecule has 0 radical (unpaired) electrons. The van der Waals surface area contributed by atoms with Gasteiger partial charge in [0.1, 0.15) is 30.0 Å². The molecule has 0 fully saturated rings. The summed E-state index contributed by atoms with van der Waals surface area (Å²) in [5.41, 5.74) is 0.481. The van der Waals surface area contributed by atoms with Gasteiger partial charge in [0.25, 0.3) is 5.82 Å². The molecule has 9 heteroatoms. The maximum absolute atomic E-state index is 14.7. The van der Waals surface area contributed by atoms with Crippen LogP contribution in [0.4, 0.5) is 14.6 Å². The smallest absolute Gasteiger partial charge is 0.341 e. The van der Waals surface area contributed by atoms with Crippen molar-refractivity contribution in [3.63, 3.8) is 0 Å². The molecule has 0 amide bonds. The van der Waals surface area contributed by atoms with Crippen molar-refractivity contribution in [2.75, 3.05) is 18.7 Å². The zero-order valence-electron chi connectivity index (χ0n) is 16.1. The molecule has 30 heavy (non-hydrogen) atoms. The summed E-state index contributed by atoms with van der Waals surface area (Å²) < 4.78 is 45.6. The minimum absolute atomic E-state index is 0.0127. The Morgan fingerprint density at radius 2 is 1.93 bits per heavy atom. The number of benzene rings is 2. The van der Waals surface area contributed by atoms with Crippen LogP contribution in [0.2, 0.25) is 0 Å². The van der Waals surface area contributed by atoms with Crippen molar-refractivity contribution in [3.8, 4) is 11.1 Å². The lowest BCUT2D eigenvalue weighted by Crippen LogP contribution is -2.30. The van der Waals surface area contributed by atoms with Gasteiger partial charge in [-0.05, 0) is 34.4 Å². The fourth-order valence-electron chi connectivity index (χ4n) is 2.89. The molecule has 0 aliphatic carbocycles. The maximum Gasteiger partial charge on any atom is 0.341 e. The molecule has 0 saturated carbocycles. The van der Waals surface area contributed by atoms with Crippen molar-refractivity contribution in [1.29, 1.82) is 0 Å². The second-order valence-electron chi connectivity index (χ2n) is 6.34. The summed E-state index contributed by atoms with van der Waals surface area (Å²) in [5, 5.41) is 14.7. The molecule has 156 valence electrons. The summed E-state index contributed by atoms with van der Waals surface area (Å²) in [5.74, 6) is -2.10. The number of methoxy groups -OCH3 is 1. The highest BCUT2D eigenvalue weighted by atomic mass is 32.2. The van der Waals surface area contributed by atoms with E-state index in [9.17, 15) is 23.3 Å². The molecule has 0 aliphatic heterocycles. The molecule has 1 aromatic heterocycles. The van der Waals surface area contributed by atoms with Crippen LogP contribution < -0.4 is 10.0 Å². The number of aromatic nitrogens is 1. The first kappa shape index (κ1) is 21.5. The fourth-order valence-corrected chi connectivity index (χ4v) is 3.42. The van der Waals surface area contributed by atoms with Crippen LogP contribution >= 0.6 is 0 Å². The van der Waals surface area contributed by atoms with Crippen molar-refractivity contribution >= 4 is 23.0 Å². The Bertz CT molecular complexity index is 1090. The first-order valence-corrected chi connectivity index (χ1v) is 10.3. The lowest BCUT2D eigenvalue weighted by Gasteiger charge is -2.12. The third-order valence-corrected chi connectivity index (χ3v) is 5.37. The lowest BCUT2D eigenvalue weighted by atomic mass is 9.98. The Labute approximate surface area is 174 Å². The standard InChI is InChI=1S/C21H18F2N2O4S/c1-29-21(26)20-16(4-3-5-17(20)22)13-6-7-14(18(23)10-13)12-24-19-11-15(30(2)28)8-9-25(19)27/h3-11,24H,12H2,1-2H3. The Morgan fingerprint density at radius 1 is 1.17 bits per heavy atom. The van der Waals surface area contributed by atoms with E-state index >= 15 is 0 Å². The average molecular weight is 432 g/mol. The second kappa shape index (κ2) is 9.10. The predicted molar refractivity (Wildman–Crippen MR) is 108 cm³/mol. The van der Waals surface area contributed by atoms with E-state index < -0.39 is 28.8 Å². The number of anilines is 1. The number of nitrogens with zero attached hydrogens (tertiary/aromatic N) is 1. The molecule has 3 aromatic rings. The number of nitrogens with one attached hydrogen (secondary N) is 1. The highest BCUT2D eigenvalue weighted by Gasteiger charge is 2.19. The van der Waals surface area contributed by atoms with E-state index in [4.69, 9.17) is 0 Å². The Balaban J connectivity index is 1.87. The van der Waals surface area contributed by atoms with Crippen LogP contribution in [0.25, 0.3) is 11.1 Å². The number of rotatable bonds is 6. The van der Waals surface area contributed by atoms with Crippen molar-refractivity contribution in [3.05, 3.63) is 82.7 Å². The second-order valence-corrected chi connectivity index (χ2v) is 7.72. The van der Waals surface area contributed by atoms with Crippen molar-refractivity contribution in [2.24, 2.45) is 0 Å². The van der Waals surface area contributed by atoms with Gasteiger partial charge in [0, 0.05) is 11.6 Å². The monoisotopic (exact) mass is 432 g/mol. The Kier molecular flexibility index (Phi) is 6.53. The van der Waals surface area contributed by atoms with Gasteiger partial charge in [-0.3, -0.25) is 5.32 Å². The Hall–Kier alpha value is -3.17. The number of carbonyl (C=O) groups is 1. The number of hydrogen-bond donors (Lipinski definition) is 1. The number of carbonyl (C=O) groups excluding carboxylic acids is 1. The fraction of sp³-hybridized carbons (Fsp3) is 0.143. The molecule has 0 spiro atoms. The molecular formula is C21H18F2N2O4S. The van der Waals surface area contributed by atoms with E-state index in [2.05, 4.69) is 10.1 Å². The van der Waals surface area contributed by atoms with Crippen LogP contribution in [0.15, 0.2) is 59.6 Å². The zero-order valence-corrected chi connectivity index (χ0v) is 17.0. The molecular weight excluding hydrogens is 414 g/mol. The molecule has 1 N–H and O–H groups in total. The topological polar surface area (TPSA) is 88.3 Å². The van der Waals surface area contributed by atoms with Crippen LogP contribution in [0.5, 0.6) is 0 Å². The average Bonchev–Trinajstić information content (AvgIpc) is 2.73. The van der Waals surface area contributed by atoms with Crippen LogP contribution in [0, 0.1) is 16.8 Å². The molecule has 6 nitrogen and oxygen atoms in total. The molecule has 0 saturated heterocycles. The normalized spacial score (nSPS) is 11.8.